The highest BCUT2D eigenvalue weighted by atomic mass is 19.1. The number of imidazole rings is 1. The Balaban J connectivity index is 1.88. The average molecular weight is 423 g/mol. The van der Waals surface area contributed by atoms with Crippen LogP contribution in [0.1, 0.15) is 25.2 Å². The molecule has 2 heterocycles. The molecule has 0 radical (unpaired) electrons. The van der Waals surface area contributed by atoms with Crippen LogP contribution in [0.2, 0.25) is 0 Å². The third-order valence-corrected chi connectivity index (χ3v) is 5.42. The van der Waals surface area contributed by atoms with Gasteiger partial charge >= 0.3 is 0 Å². The van der Waals surface area contributed by atoms with Gasteiger partial charge in [0.15, 0.2) is 0 Å². The Hall–Kier alpha value is -3.52. The molecule has 0 aliphatic carbocycles. The monoisotopic (exact) mass is 423 g/mol. The Morgan fingerprint density at radius 2 is 1.84 bits per heavy atom. The maximum absolute atomic E-state index is 14.1. The molecule has 0 spiro atoms. The van der Waals surface area contributed by atoms with Gasteiger partial charge in [0.05, 0.1) is 6.54 Å². The number of hydrogen-bond acceptors (Lipinski definition) is 4. The Labute approximate surface area is 179 Å². The van der Waals surface area contributed by atoms with Gasteiger partial charge in [-0.3, -0.25) is 9.36 Å². The van der Waals surface area contributed by atoms with Crippen molar-refractivity contribution >= 4 is 23.6 Å². The van der Waals surface area contributed by atoms with Crippen LogP contribution in [0.4, 0.5) is 20.3 Å². The van der Waals surface area contributed by atoms with Crippen molar-refractivity contribution in [3.8, 4) is 11.3 Å². The largest absolute Gasteiger partial charge is 0.339 e. The fourth-order valence-corrected chi connectivity index (χ4v) is 3.67. The molecule has 0 atom stereocenters. The van der Waals surface area contributed by atoms with Crippen molar-refractivity contribution in [3.05, 3.63) is 71.7 Å². The molecule has 1 aliphatic rings. The van der Waals surface area contributed by atoms with Crippen molar-refractivity contribution in [2.24, 2.45) is 5.73 Å². The zero-order valence-corrected chi connectivity index (χ0v) is 17.5. The SMILES string of the molecule is Cc1ccc(Nc2c(-c3ccc(F)cc3)nc3n2C=CN(C(=O)CN)C3(C)C)cc1F. The number of nitrogens with zero attached hydrogens (tertiary/aromatic N) is 3. The molecule has 4 rings (SSSR count). The number of nitrogens with two attached hydrogens (primary N) is 1. The van der Waals surface area contributed by atoms with E-state index in [0.717, 1.165) is 0 Å². The quantitative estimate of drug-likeness (QED) is 0.654. The summed E-state index contributed by atoms with van der Waals surface area (Å²) in [6.07, 6.45) is 3.36. The molecule has 0 saturated heterocycles. The van der Waals surface area contributed by atoms with Gasteiger partial charge in [0.1, 0.15) is 34.5 Å². The van der Waals surface area contributed by atoms with Crippen molar-refractivity contribution in [2.45, 2.75) is 26.3 Å². The molecule has 0 fully saturated rings. The van der Waals surface area contributed by atoms with Gasteiger partial charge in [-0.25, -0.2) is 13.8 Å². The fourth-order valence-electron chi connectivity index (χ4n) is 3.67. The van der Waals surface area contributed by atoms with Gasteiger partial charge in [-0.15, -0.1) is 0 Å². The van der Waals surface area contributed by atoms with Crippen LogP contribution in [-0.4, -0.2) is 26.9 Å². The highest BCUT2D eigenvalue weighted by Crippen LogP contribution is 2.39. The number of aromatic nitrogens is 2. The van der Waals surface area contributed by atoms with Gasteiger partial charge in [0.25, 0.3) is 0 Å². The summed E-state index contributed by atoms with van der Waals surface area (Å²) in [5, 5.41) is 3.24. The first-order chi connectivity index (χ1) is 14.7. The van der Waals surface area contributed by atoms with Crippen LogP contribution in [0, 0.1) is 18.6 Å². The molecule has 160 valence electrons. The molecular weight excluding hydrogens is 400 g/mol. The van der Waals surface area contributed by atoms with E-state index in [2.05, 4.69) is 5.32 Å². The number of fused-ring (bicyclic) bond motifs is 1. The molecule has 0 bridgehead atoms. The van der Waals surface area contributed by atoms with Gasteiger partial charge in [-0.05, 0) is 62.7 Å². The Kier molecular flexibility index (Phi) is 5.10. The number of carbonyl (C=O) groups excluding carboxylic acids is 1. The smallest absolute Gasteiger partial charge is 0.241 e. The lowest BCUT2D eigenvalue weighted by atomic mass is 10.0. The van der Waals surface area contributed by atoms with Gasteiger partial charge in [-0.2, -0.15) is 0 Å². The van der Waals surface area contributed by atoms with Gasteiger partial charge < -0.3 is 16.0 Å². The molecule has 3 aromatic rings. The molecule has 0 saturated carbocycles. The highest BCUT2D eigenvalue weighted by Gasteiger charge is 2.39. The lowest BCUT2D eigenvalue weighted by molar-refractivity contribution is -0.132. The standard InChI is InChI=1S/C23H23F2N5O/c1-14-4-9-17(12-18(14)25)27-21-20(15-5-7-16(24)8-6-15)28-22-23(2,3)30(19(31)13-26)11-10-29(21)22/h4-12,27H,13,26H2,1-3H3. The number of rotatable bonds is 4. The molecule has 2 aromatic carbocycles. The van der Waals surface area contributed by atoms with Gasteiger partial charge in [0.2, 0.25) is 5.91 Å². The summed E-state index contributed by atoms with van der Waals surface area (Å²) in [5.74, 6) is 0.235. The molecule has 0 unspecified atom stereocenters. The first-order valence-electron chi connectivity index (χ1n) is 9.84. The van der Waals surface area contributed by atoms with E-state index in [0.29, 0.717) is 34.2 Å². The van der Waals surface area contributed by atoms with E-state index in [-0.39, 0.29) is 24.1 Å². The zero-order valence-electron chi connectivity index (χ0n) is 17.5. The van der Waals surface area contributed by atoms with Crippen LogP contribution in [0.5, 0.6) is 0 Å². The maximum atomic E-state index is 14.1. The summed E-state index contributed by atoms with van der Waals surface area (Å²) in [6, 6.07) is 10.8. The summed E-state index contributed by atoms with van der Waals surface area (Å²) >= 11 is 0. The predicted octanol–water partition coefficient (Wildman–Crippen LogP) is 4.34. The minimum atomic E-state index is -0.793. The minimum Gasteiger partial charge on any atom is -0.339 e. The van der Waals surface area contributed by atoms with Crippen LogP contribution < -0.4 is 11.1 Å². The number of hydrogen-bond donors (Lipinski definition) is 2. The Morgan fingerprint density at radius 1 is 1.13 bits per heavy atom. The van der Waals surface area contributed by atoms with Crippen molar-refractivity contribution in [1.29, 1.82) is 0 Å². The van der Waals surface area contributed by atoms with Gasteiger partial charge in [-0.1, -0.05) is 6.07 Å². The Bertz CT molecular complexity index is 1180. The number of anilines is 2. The maximum Gasteiger partial charge on any atom is 0.241 e. The van der Waals surface area contributed by atoms with Crippen molar-refractivity contribution in [1.82, 2.24) is 14.5 Å². The summed E-state index contributed by atoms with van der Waals surface area (Å²) in [6.45, 7) is 5.30. The summed E-state index contributed by atoms with van der Waals surface area (Å²) in [7, 11) is 0. The van der Waals surface area contributed by atoms with Crippen LogP contribution in [-0.2, 0) is 10.3 Å². The minimum absolute atomic E-state index is 0.132. The number of benzene rings is 2. The predicted molar refractivity (Wildman–Crippen MR) is 116 cm³/mol. The summed E-state index contributed by atoms with van der Waals surface area (Å²) in [4.78, 5) is 18.7. The van der Waals surface area contributed by atoms with Gasteiger partial charge in [0, 0.05) is 23.7 Å². The van der Waals surface area contributed by atoms with Crippen molar-refractivity contribution in [3.63, 3.8) is 0 Å². The normalized spacial score (nSPS) is 14.5. The lowest BCUT2D eigenvalue weighted by Crippen LogP contribution is -2.47. The van der Waals surface area contributed by atoms with E-state index in [4.69, 9.17) is 10.7 Å². The zero-order chi connectivity index (χ0) is 22.3. The average Bonchev–Trinajstić information content (AvgIpc) is 3.10. The van der Waals surface area contributed by atoms with E-state index in [1.54, 1.807) is 48.5 Å². The number of carbonyl (C=O) groups is 1. The molecule has 1 aliphatic heterocycles. The second-order valence-electron chi connectivity index (χ2n) is 7.92. The molecule has 1 amide bonds. The van der Waals surface area contributed by atoms with E-state index in [1.807, 2.05) is 18.4 Å². The summed E-state index contributed by atoms with van der Waals surface area (Å²) < 4.78 is 29.5. The van der Waals surface area contributed by atoms with Crippen LogP contribution in [0.3, 0.4) is 0 Å². The topological polar surface area (TPSA) is 76.2 Å². The number of halogens is 2. The van der Waals surface area contributed by atoms with Crippen molar-refractivity contribution in [2.75, 3.05) is 11.9 Å². The van der Waals surface area contributed by atoms with E-state index < -0.39 is 5.54 Å². The third-order valence-electron chi connectivity index (χ3n) is 5.42. The lowest BCUT2D eigenvalue weighted by Gasteiger charge is -2.38. The molecule has 31 heavy (non-hydrogen) atoms. The number of nitrogens with one attached hydrogen (secondary N) is 1. The summed E-state index contributed by atoms with van der Waals surface area (Å²) in [5.41, 5.74) is 7.10. The first-order valence-corrected chi connectivity index (χ1v) is 9.84. The third kappa shape index (κ3) is 3.59. The molecule has 1 aromatic heterocycles. The molecule has 8 heteroatoms. The van der Waals surface area contributed by atoms with Crippen molar-refractivity contribution < 1.29 is 13.6 Å². The van der Waals surface area contributed by atoms with E-state index in [9.17, 15) is 13.6 Å². The second-order valence-corrected chi connectivity index (χ2v) is 7.92. The van der Waals surface area contributed by atoms with Crippen LogP contribution in [0.15, 0.2) is 48.7 Å². The Morgan fingerprint density at radius 3 is 2.48 bits per heavy atom. The number of amides is 1. The van der Waals surface area contributed by atoms with E-state index in [1.165, 1.54) is 18.2 Å². The first kappa shape index (κ1) is 20.7. The second kappa shape index (κ2) is 7.63. The van der Waals surface area contributed by atoms with Crippen LogP contribution in [0.25, 0.3) is 17.5 Å². The fraction of sp³-hybridized carbons (Fsp3) is 0.217. The molecular formula is C23H23F2N5O. The molecule has 3 N–H and O–H groups in total. The highest BCUT2D eigenvalue weighted by molar-refractivity contribution is 5.83. The van der Waals surface area contributed by atoms with E-state index >= 15 is 0 Å². The molecule has 6 nitrogen and oxygen atoms in total. The van der Waals surface area contributed by atoms with Crippen LogP contribution >= 0.6 is 0 Å². The number of aryl methyl sites for hydroxylation is 1.